The molecule has 0 saturated heterocycles. The summed E-state index contributed by atoms with van der Waals surface area (Å²) in [6.07, 6.45) is 7.13. The smallest absolute Gasteiger partial charge is 0.138 e. The lowest BCUT2D eigenvalue weighted by molar-refractivity contribution is 0.181. The molecule has 0 spiro atoms. The zero-order valence-electron chi connectivity index (χ0n) is 15.6. The van der Waals surface area contributed by atoms with Crippen LogP contribution in [0.15, 0.2) is 43.1 Å². The third-order valence-electron chi connectivity index (χ3n) is 3.79. The number of methoxy groups -OCH3 is 1. The second-order valence-corrected chi connectivity index (χ2v) is 7.10. The van der Waals surface area contributed by atoms with Crippen LogP contribution in [0.2, 0.25) is 0 Å². The summed E-state index contributed by atoms with van der Waals surface area (Å²) >= 11 is 0. The second-order valence-electron chi connectivity index (χ2n) is 7.10. The van der Waals surface area contributed by atoms with Crippen molar-refractivity contribution in [2.24, 2.45) is 0 Å². The summed E-state index contributed by atoms with van der Waals surface area (Å²) in [5.74, 6) is 2.42. The Morgan fingerprint density at radius 3 is 2.69 bits per heavy atom. The first-order valence-corrected chi connectivity index (χ1v) is 8.50. The molecule has 0 radical (unpaired) electrons. The predicted octanol–water partition coefficient (Wildman–Crippen LogP) is 3.11. The van der Waals surface area contributed by atoms with Crippen molar-refractivity contribution < 1.29 is 4.74 Å². The van der Waals surface area contributed by atoms with E-state index >= 15 is 0 Å². The van der Waals surface area contributed by atoms with E-state index in [9.17, 15) is 0 Å². The van der Waals surface area contributed by atoms with Crippen LogP contribution in [0.1, 0.15) is 37.9 Å². The molecule has 0 aliphatic carbocycles. The lowest BCUT2D eigenvalue weighted by Gasteiger charge is -2.19. The Balaban J connectivity index is 1.79. The first-order valence-electron chi connectivity index (χ1n) is 8.50. The Hall–Kier alpha value is -2.80. The maximum Gasteiger partial charge on any atom is 0.138 e. The summed E-state index contributed by atoms with van der Waals surface area (Å²) in [5, 5.41) is 3.39. The summed E-state index contributed by atoms with van der Waals surface area (Å²) in [6, 6.07) is 5.93. The summed E-state index contributed by atoms with van der Waals surface area (Å²) in [5.41, 5.74) is 1.84. The Labute approximate surface area is 153 Å². The maximum atomic E-state index is 5.24. The zero-order chi connectivity index (χ0) is 18.6. The molecule has 0 atom stereocenters. The normalized spacial score (nSPS) is 11.5. The van der Waals surface area contributed by atoms with Gasteiger partial charge in [0.15, 0.2) is 0 Å². The largest absolute Gasteiger partial charge is 0.378 e. The van der Waals surface area contributed by atoms with Gasteiger partial charge in [-0.05, 0) is 17.7 Å². The number of hydrogen-bond acceptors (Lipinski definition) is 6. The van der Waals surface area contributed by atoms with E-state index in [0.29, 0.717) is 13.2 Å². The molecule has 3 heterocycles. The molecule has 0 amide bonds. The number of nitrogens with zero attached hydrogens (tertiary/aromatic N) is 5. The van der Waals surface area contributed by atoms with Crippen molar-refractivity contribution in [1.82, 2.24) is 24.5 Å². The number of aromatic nitrogens is 5. The molecule has 0 unspecified atom stereocenters. The zero-order valence-corrected chi connectivity index (χ0v) is 15.6. The standard InChI is InChI=1S/C19H24N6O/c1-19(2,3)18-23-15(12-26-4)10-16(24-18)22-11-14-5-6-21-17(9-14)25-8-7-20-13-25/h5-10,13H,11-12H2,1-4H3,(H,22,23,24). The van der Waals surface area contributed by atoms with E-state index in [4.69, 9.17) is 4.74 Å². The molecule has 0 aliphatic rings. The number of anilines is 1. The van der Waals surface area contributed by atoms with E-state index < -0.39 is 0 Å². The minimum absolute atomic E-state index is 0.133. The van der Waals surface area contributed by atoms with Gasteiger partial charge in [0.1, 0.15) is 23.8 Å². The average Bonchev–Trinajstić information content (AvgIpc) is 3.14. The van der Waals surface area contributed by atoms with Crippen molar-refractivity contribution in [3.63, 3.8) is 0 Å². The SMILES string of the molecule is COCc1cc(NCc2ccnc(-n3ccnc3)c2)nc(C(C)(C)C)n1. The Morgan fingerprint density at radius 1 is 1.15 bits per heavy atom. The van der Waals surface area contributed by atoms with Crippen molar-refractivity contribution >= 4 is 5.82 Å². The van der Waals surface area contributed by atoms with Gasteiger partial charge in [0.2, 0.25) is 0 Å². The van der Waals surface area contributed by atoms with E-state index in [1.807, 2.05) is 29.0 Å². The summed E-state index contributed by atoms with van der Waals surface area (Å²) in [4.78, 5) is 17.7. The lowest BCUT2D eigenvalue weighted by atomic mass is 9.95. The van der Waals surface area contributed by atoms with Crippen molar-refractivity contribution in [3.05, 3.63) is 60.2 Å². The predicted molar refractivity (Wildman–Crippen MR) is 100 cm³/mol. The minimum atomic E-state index is -0.133. The van der Waals surface area contributed by atoms with Gasteiger partial charge in [-0.25, -0.2) is 19.9 Å². The van der Waals surface area contributed by atoms with Crippen LogP contribution in [0.4, 0.5) is 5.82 Å². The van der Waals surface area contributed by atoms with Crippen LogP contribution < -0.4 is 5.32 Å². The van der Waals surface area contributed by atoms with E-state index in [1.165, 1.54) is 0 Å². The van der Waals surface area contributed by atoms with Gasteiger partial charge in [-0.15, -0.1) is 0 Å². The van der Waals surface area contributed by atoms with Crippen molar-refractivity contribution in [2.75, 3.05) is 12.4 Å². The van der Waals surface area contributed by atoms with Crippen LogP contribution in [0.5, 0.6) is 0 Å². The third-order valence-corrected chi connectivity index (χ3v) is 3.79. The summed E-state index contributed by atoms with van der Waals surface area (Å²) in [6.45, 7) is 7.40. The van der Waals surface area contributed by atoms with Crippen molar-refractivity contribution in [2.45, 2.75) is 39.3 Å². The van der Waals surface area contributed by atoms with Crippen molar-refractivity contribution in [3.8, 4) is 5.82 Å². The Morgan fingerprint density at radius 2 is 2.00 bits per heavy atom. The number of imidazole rings is 1. The molecule has 3 aromatic rings. The summed E-state index contributed by atoms with van der Waals surface area (Å²) in [7, 11) is 1.67. The first kappa shape index (κ1) is 18.0. The number of hydrogen-bond donors (Lipinski definition) is 1. The van der Waals surface area contributed by atoms with E-state index in [0.717, 1.165) is 28.7 Å². The molecule has 136 valence electrons. The lowest BCUT2D eigenvalue weighted by Crippen LogP contribution is -2.18. The van der Waals surface area contributed by atoms with Gasteiger partial charge < -0.3 is 10.1 Å². The van der Waals surface area contributed by atoms with Gasteiger partial charge in [0, 0.05) is 43.7 Å². The Kier molecular flexibility index (Phi) is 5.27. The van der Waals surface area contributed by atoms with Gasteiger partial charge in [-0.3, -0.25) is 4.57 Å². The number of pyridine rings is 1. The highest BCUT2D eigenvalue weighted by molar-refractivity contribution is 5.39. The molecule has 0 fully saturated rings. The van der Waals surface area contributed by atoms with Crippen LogP contribution in [0.3, 0.4) is 0 Å². The molecule has 3 rings (SSSR count). The monoisotopic (exact) mass is 352 g/mol. The van der Waals surface area contributed by atoms with Crippen molar-refractivity contribution in [1.29, 1.82) is 0 Å². The molecular weight excluding hydrogens is 328 g/mol. The van der Waals surface area contributed by atoms with Crippen LogP contribution in [-0.4, -0.2) is 31.6 Å². The van der Waals surface area contributed by atoms with Gasteiger partial charge in [-0.1, -0.05) is 20.8 Å². The molecule has 7 heteroatoms. The number of ether oxygens (including phenoxy) is 1. The van der Waals surface area contributed by atoms with Gasteiger partial charge in [-0.2, -0.15) is 0 Å². The first-order chi connectivity index (χ1) is 12.5. The van der Waals surface area contributed by atoms with E-state index in [1.54, 1.807) is 25.8 Å². The highest BCUT2D eigenvalue weighted by atomic mass is 16.5. The minimum Gasteiger partial charge on any atom is -0.378 e. The van der Waals surface area contributed by atoms with Crippen LogP contribution in [-0.2, 0) is 23.3 Å². The molecule has 0 aromatic carbocycles. The highest BCUT2D eigenvalue weighted by Gasteiger charge is 2.19. The number of nitrogens with one attached hydrogen (secondary N) is 1. The average molecular weight is 352 g/mol. The molecule has 1 N–H and O–H groups in total. The molecule has 26 heavy (non-hydrogen) atoms. The van der Waals surface area contributed by atoms with E-state index in [-0.39, 0.29) is 5.41 Å². The molecule has 3 aromatic heterocycles. The molecule has 7 nitrogen and oxygen atoms in total. The maximum absolute atomic E-state index is 5.24. The van der Waals surface area contributed by atoms with Crippen LogP contribution in [0.25, 0.3) is 5.82 Å². The topological polar surface area (TPSA) is 77.8 Å². The molecular formula is C19H24N6O. The fraction of sp³-hybridized carbons (Fsp3) is 0.368. The summed E-state index contributed by atoms with van der Waals surface area (Å²) < 4.78 is 7.11. The number of rotatable bonds is 6. The van der Waals surface area contributed by atoms with Crippen LogP contribution >= 0.6 is 0 Å². The van der Waals surface area contributed by atoms with Gasteiger partial charge >= 0.3 is 0 Å². The fourth-order valence-corrected chi connectivity index (χ4v) is 2.44. The van der Waals surface area contributed by atoms with Crippen LogP contribution in [0, 0.1) is 0 Å². The molecule has 0 bridgehead atoms. The quantitative estimate of drug-likeness (QED) is 0.734. The Bertz CT molecular complexity index is 855. The highest BCUT2D eigenvalue weighted by Crippen LogP contribution is 2.21. The third kappa shape index (κ3) is 4.43. The van der Waals surface area contributed by atoms with Gasteiger partial charge in [0.25, 0.3) is 0 Å². The molecule has 0 saturated carbocycles. The molecule has 0 aliphatic heterocycles. The fourth-order valence-electron chi connectivity index (χ4n) is 2.44. The second kappa shape index (κ2) is 7.61. The van der Waals surface area contributed by atoms with Gasteiger partial charge in [0.05, 0.1) is 12.3 Å². The van der Waals surface area contributed by atoms with E-state index in [2.05, 4.69) is 46.0 Å².